The molecule has 0 aromatic carbocycles. The van der Waals surface area contributed by atoms with Crippen molar-refractivity contribution in [1.82, 2.24) is 10.2 Å². The van der Waals surface area contributed by atoms with E-state index >= 15 is 0 Å². The fourth-order valence-corrected chi connectivity index (χ4v) is 1.87. The Labute approximate surface area is 112 Å². The van der Waals surface area contributed by atoms with Crippen molar-refractivity contribution >= 4 is 17.9 Å². The maximum absolute atomic E-state index is 11.9. The molecule has 108 valence electrons. The molecule has 0 radical (unpaired) electrons. The van der Waals surface area contributed by atoms with Crippen LogP contribution in [0.3, 0.4) is 0 Å². The first-order valence-electron chi connectivity index (χ1n) is 6.37. The van der Waals surface area contributed by atoms with E-state index < -0.39 is 23.9 Å². The molecule has 3 amide bonds. The number of nitrogens with zero attached hydrogens (tertiary/aromatic N) is 1. The van der Waals surface area contributed by atoms with E-state index in [9.17, 15) is 14.4 Å². The summed E-state index contributed by atoms with van der Waals surface area (Å²) in [6.07, 6.45) is 2.13. The molecule has 0 saturated heterocycles. The molecule has 4 N–H and O–H groups in total. The van der Waals surface area contributed by atoms with Crippen LogP contribution in [0.2, 0.25) is 0 Å². The molecule has 19 heavy (non-hydrogen) atoms. The monoisotopic (exact) mass is 271 g/mol. The summed E-state index contributed by atoms with van der Waals surface area (Å²) in [5.74, 6) is -1.24. The third-order valence-electron chi connectivity index (χ3n) is 3.51. The highest BCUT2D eigenvalue weighted by molar-refractivity contribution is 5.83. The third-order valence-corrected chi connectivity index (χ3v) is 3.51. The van der Waals surface area contributed by atoms with Gasteiger partial charge in [0.05, 0.1) is 0 Å². The Morgan fingerprint density at radius 1 is 1.42 bits per heavy atom. The van der Waals surface area contributed by atoms with Gasteiger partial charge in [0.15, 0.2) is 0 Å². The van der Waals surface area contributed by atoms with Crippen molar-refractivity contribution in [2.24, 2.45) is 11.7 Å². The summed E-state index contributed by atoms with van der Waals surface area (Å²) in [5.41, 5.74) is 4.97. The number of carbonyl (C=O) groups is 3. The molecule has 1 aliphatic rings. The second-order valence-electron chi connectivity index (χ2n) is 5.03. The minimum absolute atomic E-state index is 0.00204. The van der Waals surface area contributed by atoms with Crippen molar-refractivity contribution in [3.8, 4) is 0 Å². The van der Waals surface area contributed by atoms with Crippen molar-refractivity contribution in [2.45, 2.75) is 44.7 Å². The fourth-order valence-electron chi connectivity index (χ4n) is 1.87. The van der Waals surface area contributed by atoms with Gasteiger partial charge in [0.1, 0.15) is 6.04 Å². The van der Waals surface area contributed by atoms with Crippen molar-refractivity contribution in [3.05, 3.63) is 0 Å². The molecule has 1 aliphatic carbocycles. The Balaban J connectivity index is 2.49. The van der Waals surface area contributed by atoms with Crippen LogP contribution in [0.5, 0.6) is 0 Å². The van der Waals surface area contributed by atoms with Crippen LogP contribution in [0.4, 0.5) is 4.79 Å². The summed E-state index contributed by atoms with van der Waals surface area (Å²) in [7, 11) is 1.64. The number of carbonyl (C=O) groups excluding carboxylic acids is 2. The molecule has 1 unspecified atom stereocenters. The first kappa shape index (κ1) is 15.3. The van der Waals surface area contributed by atoms with Gasteiger partial charge in [-0.05, 0) is 32.1 Å². The minimum atomic E-state index is -1.16. The number of nitrogens with two attached hydrogens (primary N) is 1. The zero-order valence-electron chi connectivity index (χ0n) is 11.3. The van der Waals surface area contributed by atoms with E-state index in [1.54, 1.807) is 7.05 Å². The summed E-state index contributed by atoms with van der Waals surface area (Å²) in [5, 5.41) is 11.4. The molecule has 7 heteroatoms. The van der Waals surface area contributed by atoms with Crippen molar-refractivity contribution in [1.29, 1.82) is 0 Å². The number of primary amides is 1. The number of urea groups is 1. The smallest absolute Gasteiger partial charge is 0.326 e. The number of hydrogen-bond acceptors (Lipinski definition) is 3. The molecule has 0 bridgehead atoms. The second kappa shape index (κ2) is 6.40. The summed E-state index contributed by atoms with van der Waals surface area (Å²) in [4.78, 5) is 35.1. The summed E-state index contributed by atoms with van der Waals surface area (Å²) < 4.78 is 0. The lowest BCUT2D eigenvalue weighted by atomic mass is 10.1. The van der Waals surface area contributed by atoms with Gasteiger partial charge in [-0.2, -0.15) is 0 Å². The predicted octanol–water partition coefficient (Wildman–Crippen LogP) is 0.145. The highest BCUT2D eigenvalue weighted by atomic mass is 16.4. The van der Waals surface area contributed by atoms with Crippen LogP contribution in [0, 0.1) is 5.92 Å². The van der Waals surface area contributed by atoms with Gasteiger partial charge in [0.2, 0.25) is 5.91 Å². The van der Waals surface area contributed by atoms with E-state index in [0.717, 1.165) is 12.8 Å². The molecule has 1 fully saturated rings. The summed E-state index contributed by atoms with van der Waals surface area (Å²) in [6.45, 7) is 1.94. The van der Waals surface area contributed by atoms with Gasteiger partial charge in [-0.25, -0.2) is 9.59 Å². The second-order valence-corrected chi connectivity index (χ2v) is 5.03. The molecule has 0 aliphatic heterocycles. The standard InChI is InChI=1S/C12H21N3O4/c1-7(8-3-4-8)15(2)12(19)14-9(11(17)18)5-6-10(13)16/h7-9H,3-6H2,1-2H3,(H2,13,16)(H,14,19)(H,17,18)/t7?,9-/m0/s1. The van der Waals surface area contributed by atoms with E-state index in [2.05, 4.69) is 5.32 Å². The van der Waals surface area contributed by atoms with E-state index in [4.69, 9.17) is 10.8 Å². The van der Waals surface area contributed by atoms with Crippen LogP contribution in [-0.4, -0.2) is 47.0 Å². The first-order valence-corrected chi connectivity index (χ1v) is 6.37. The quantitative estimate of drug-likeness (QED) is 0.611. The van der Waals surface area contributed by atoms with Gasteiger partial charge in [0, 0.05) is 19.5 Å². The van der Waals surface area contributed by atoms with Gasteiger partial charge >= 0.3 is 12.0 Å². The van der Waals surface area contributed by atoms with Crippen LogP contribution in [-0.2, 0) is 9.59 Å². The predicted molar refractivity (Wildman–Crippen MR) is 68.3 cm³/mol. The molecule has 0 aromatic heterocycles. The van der Waals surface area contributed by atoms with E-state index in [-0.39, 0.29) is 18.9 Å². The average molecular weight is 271 g/mol. The molecule has 1 rings (SSSR count). The number of aliphatic carboxylic acids is 1. The van der Waals surface area contributed by atoms with Crippen molar-refractivity contribution in [2.75, 3.05) is 7.05 Å². The molecular formula is C12H21N3O4. The third kappa shape index (κ3) is 4.76. The number of nitrogens with one attached hydrogen (secondary N) is 1. The van der Waals surface area contributed by atoms with Crippen LogP contribution < -0.4 is 11.1 Å². The zero-order chi connectivity index (χ0) is 14.6. The maximum atomic E-state index is 11.9. The van der Waals surface area contributed by atoms with Gasteiger partial charge in [-0.15, -0.1) is 0 Å². The van der Waals surface area contributed by atoms with E-state index in [0.29, 0.717) is 5.92 Å². The Kier molecular flexibility index (Phi) is 5.14. The van der Waals surface area contributed by atoms with E-state index in [1.807, 2.05) is 6.92 Å². The first-order chi connectivity index (χ1) is 8.82. The minimum Gasteiger partial charge on any atom is -0.480 e. The Morgan fingerprint density at radius 3 is 2.42 bits per heavy atom. The number of carboxylic acids is 1. The van der Waals surface area contributed by atoms with Crippen LogP contribution in [0.15, 0.2) is 0 Å². The van der Waals surface area contributed by atoms with Crippen molar-refractivity contribution < 1.29 is 19.5 Å². The average Bonchev–Trinajstić information content (AvgIpc) is 3.15. The number of amides is 3. The lowest BCUT2D eigenvalue weighted by Crippen LogP contribution is -2.49. The molecule has 1 saturated carbocycles. The van der Waals surface area contributed by atoms with Crippen LogP contribution >= 0.6 is 0 Å². The normalized spacial score (nSPS) is 17.4. The Morgan fingerprint density at radius 2 is 2.00 bits per heavy atom. The van der Waals surface area contributed by atoms with Crippen LogP contribution in [0.25, 0.3) is 0 Å². The lowest BCUT2D eigenvalue weighted by Gasteiger charge is -2.26. The number of rotatable bonds is 7. The SMILES string of the molecule is CC(C1CC1)N(C)C(=O)N[C@@H](CCC(N)=O)C(=O)O. The molecule has 0 heterocycles. The number of carboxylic acid groups (broad SMARTS) is 1. The molecule has 0 spiro atoms. The van der Waals surface area contributed by atoms with Crippen LogP contribution in [0.1, 0.15) is 32.6 Å². The Bertz CT molecular complexity index is 368. The molecule has 0 aromatic rings. The number of hydrogen-bond donors (Lipinski definition) is 3. The van der Waals surface area contributed by atoms with E-state index in [1.165, 1.54) is 4.90 Å². The summed E-state index contributed by atoms with van der Waals surface area (Å²) in [6, 6.07) is -1.43. The fraction of sp³-hybridized carbons (Fsp3) is 0.750. The Hall–Kier alpha value is -1.79. The molecule has 7 nitrogen and oxygen atoms in total. The van der Waals surface area contributed by atoms with Gasteiger partial charge in [-0.3, -0.25) is 4.79 Å². The highest BCUT2D eigenvalue weighted by Crippen LogP contribution is 2.34. The molecular weight excluding hydrogens is 250 g/mol. The summed E-state index contributed by atoms with van der Waals surface area (Å²) >= 11 is 0. The highest BCUT2D eigenvalue weighted by Gasteiger charge is 2.33. The lowest BCUT2D eigenvalue weighted by molar-refractivity contribution is -0.139. The molecule has 2 atom stereocenters. The van der Waals surface area contributed by atoms with Crippen molar-refractivity contribution in [3.63, 3.8) is 0 Å². The van der Waals surface area contributed by atoms with Gasteiger partial charge in [0.25, 0.3) is 0 Å². The van der Waals surface area contributed by atoms with Gasteiger partial charge in [-0.1, -0.05) is 0 Å². The maximum Gasteiger partial charge on any atom is 0.326 e. The zero-order valence-corrected chi connectivity index (χ0v) is 11.3. The topological polar surface area (TPSA) is 113 Å². The largest absolute Gasteiger partial charge is 0.480 e. The van der Waals surface area contributed by atoms with Gasteiger partial charge < -0.3 is 21.1 Å².